The van der Waals surface area contributed by atoms with Crippen LogP contribution in [0.5, 0.6) is 5.75 Å². The van der Waals surface area contributed by atoms with E-state index < -0.39 is 0 Å². The van der Waals surface area contributed by atoms with Crippen molar-refractivity contribution in [1.82, 2.24) is 0 Å². The summed E-state index contributed by atoms with van der Waals surface area (Å²) in [5.74, 6) is 0.766. The Kier molecular flexibility index (Phi) is 5.39. The first-order chi connectivity index (χ1) is 10.1. The first-order valence-electron chi connectivity index (χ1n) is 7.21. The molecule has 0 unspecified atom stereocenters. The predicted molar refractivity (Wildman–Crippen MR) is 88.9 cm³/mol. The highest BCUT2D eigenvalue weighted by Gasteiger charge is 2.10. The molecule has 0 amide bonds. The molecular weight excluding hydrogens is 282 g/mol. The van der Waals surface area contributed by atoms with Gasteiger partial charge in [0.25, 0.3) is 0 Å². The smallest absolute Gasteiger partial charge is 0.210 e. The second kappa shape index (κ2) is 7.27. The highest BCUT2D eigenvalue weighted by molar-refractivity contribution is 7.14. The van der Waals surface area contributed by atoms with Crippen LogP contribution in [0.15, 0.2) is 36.4 Å². The minimum absolute atomic E-state index is 0.0290. The number of benzene rings is 1. The standard InChI is InChI=1S/C17H21NO2S/c1-4-18(5-2)14-7-6-8-15(11-14)20-12-16(19)17-10-9-13(3)21-17/h6-11H,4-5,12H2,1-3H3. The van der Waals surface area contributed by atoms with Crippen molar-refractivity contribution in [3.63, 3.8) is 0 Å². The molecule has 1 heterocycles. The average molecular weight is 303 g/mol. The van der Waals surface area contributed by atoms with Crippen LogP contribution in [0, 0.1) is 6.92 Å². The topological polar surface area (TPSA) is 29.5 Å². The average Bonchev–Trinajstić information content (AvgIpc) is 2.93. The summed E-state index contributed by atoms with van der Waals surface area (Å²) in [6.45, 7) is 8.23. The van der Waals surface area contributed by atoms with Gasteiger partial charge in [0.15, 0.2) is 6.61 Å². The lowest BCUT2D eigenvalue weighted by molar-refractivity contribution is 0.0925. The van der Waals surface area contributed by atoms with Crippen LogP contribution in [0.1, 0.15) is 28.4 Å². The first kappa shape index (κ1) is 15.6. The zero-order chi connectivity index (χ0) is 15.2. The number of rotatable bonds is 7. The van der Waals surface area contributed by atoms with Gasteiger partial charge in [-0.2, -0.15) is 0 Å². The number of nitrogens with zero attached hydrogens (tertiary/aromatic N) is 1. The molecule has 0 aliphatic carbocycles. The molecule has 0 saturated carbocycles. The quantitative estimate of drug-likeness (QED) is 0.719. The zero-order valence-electron chi connectivity index (χ0n) is 12.8. The lowest BCUT2D eigenvalue weighted by Gasteiger charge is -2.21. The summed E-state index contributed by atoms with van der Waals surface area (Å²) in [6.07, 6.45) is 0. The predicted octanol–water partition coefficient (Wildman–Crippen LogP) is 4.16. The summed E-state index contributed by atoms with van der Waals surface area (Å²) >= 11 is 1.51. The normalized spacial score (nSPS) is 10.4. The van der Waals surface area contributed by atoms with Gasteiger partial charge >= 0.3 is 0 Å². The number of ether oxygens (including phenoxy) is 1. The van der Waals surface area contributed by atoms with Crippen molar-refractivity contribution in [1.29, 1.82) is 0 Å². The first-order valence-corrected chi connectivity index (χ1v) is 8.03. The molecule has 4 heteroatoms. The zero-order valence-corrected chi connectivity index (χ0v) is 13.6. The number of aryl methyl sites for hydroxylation is 1. The fourth-order valence-corrected chi connectivity index (χ4v) is 2.95. The Morgan fingerprint density at radius 3 is 2.57 bits per heavy atom. The molecule has 1 aromatic heterocycles. The van der Waals surface area contributed by atoms with Crippen molar-refractivity contribution in [2.24, 2.45) is 0 Å². The maximum Gasteiger partial charge on any atom is 0.210 e. The lowest BCUT2D eigenvalue weighted by atomic mass is 10.2. The van der Waals surface area contributed by atoms with Crippen molar-refractivity contribution in [2.75, 3.05) is 24.6 Å². The van der Waals surface area contributed by atoms with E-state index in [-0.39, 0.29) is 12.4 Å². The van der Waals surface area contributed by atoms with Gasteiger partial charge in [-0.15, -0.1) is 11.3 Å². The number of anilines is 1. The van der Waals surface area contributed by atoms with E-state index in [1.54, 1.807) is 0 Å². The third kappa shape index (κ3) is 4.08. The van der Waals surface area contributed by atoms with Crippen molar-refractivity contribution in [3.05, 3.63) is 46.2 Å². The van der Waals surface area contributed by atoms with E-state index in [0.717, 1.165) is 34.3 Å². The Labute approximate surface area is 130 Å². The van der Waals surface area contributed by atoms with Gasteiger partial charge in [-0.3, -0.25) is 4.79 Å². The van der Waals surface area contributed by atoms with E-state index in [4.69, 9.17) is 4.74 Å². The van der Waals surface area contributed by atoms with Crippen LogP contribution in [0.3, 0.4) is 0 Å². The number of ketones is 1. The molecule has 0 fully saturated rings. The van der Waals surface area contributed by atoms with Gasteiger partial charge in [0.2, 0.25) is 5.78 Å². The molecule has 1 aromatic carbocycles. The van der Waals surface area contributed by atoms with Crippen LogP contribution in [0.4, 0.5) is 5.69 Å². The molecule has 0 aliphatic heterocycles. The fraction of sp³-hybridized carbons (Fsp3) is 0.353. The van der Waals surface area contributed by atoms with Crippen LogP contribution in [-0.2, 0) is 0 Å². The molecule has 0 aliphatic rings. The van der Waals surface area contributed by atoms with E-state index in [1.807, 2.05) is 37.3 Å². The summed E-state index contributed by atoms with van der Waals surface area (Å²) in [7, 11) is 0. The third-order valence-electron chi connectivity index (χ3n) is 3.33. The van der Waals surface area contributed by atoms with Gasteiger partial charge in [0, 0.05) is 29.7 Å². The second-order valence-corrected chi connectivity index (χ2v) is 6.08. The van der Waals surface area contributed by atoms with Crippen molar-refractivity contribution >= 4 is 22.8 Å². The summed E-state index contributed by atoms with van der Waals surface area (Å²) < 4.78 is 5.64. The Hall–Kier alpha value is -1.81. The maximum atomic E-state index is 12.0. The summed E-state index contributed by atoms with van der Waals surface area (Å²) in [6, 6.07) is 11.7. The van der Waals surface area contributed by atoms with Gasteiger partial charge in [0.1, 0.15) is 5.75 Å². The molecule has 0 bridgehead atoms. The molecular formula is C17H21NO2S. The van der Waals surface area contributed by atoms with Crippen LogP contribution in [0.25, 0.3) is 0 Å². The molecule has 0 spiro atoms. The minimum Gasteiger partial charge on any atom is -0.485 e. The van der Waals surface area contributed by atoms with Gasteiger partial charge in [-0.1, -0.05) is 6.07 Å². The number of Topliss-reactive ketones (excluding diaryl/α,β-unsaturated/α-hetero) is 1. The van der Waals surface area contributed by atoms with E-state index in [2.05, 4.69) is 24.8 Å². The largest absolute Gasteiger partial charge is 0.485 e. The van der Waals surface area contributed by atoms with Gasteiger partial charge in [0.05, 0.1) is 4.88 Å². The van der Waals surface area contributed by atoms with E-state index >= 15 is 0 Å². The Morgan fingerprint density at radius 1 is 1.19 bits per heavy atom. The van der Waals surface area contributed by atoms with E-state index in [0.29, 0.717) is 0 Å². The summed E-state index contributed by atoms with van der Waals surface area (Å²) in [4.78, 5) is 16.2. The van der Waals surface area contributed by atoms with Crippen LogP contribution >= 0.6 is 11.3 Å². The molecule has 0 radical (unpaired) electrons. The van der Waals surface area contributed by atoms with Crippen molar-refractivity contribution < 1.29 is 9.53 Å². The van der Waals surface area contributed by atoms with Gasteiger partial charge in [-0.05, 0) is 45.0 Å². The van der Waals surface area contributed by atoms with Crippen molar-refractivity contribution in [2.45, 2.75) is 20.8 Å². The highest BCUT2D eigenvalue weighted by atomic mass is 32.1. The minimum atomic E-state index is 0.0290. The van der Waals surface area contributed by atoms with Crippen LogP contribution in [-0.4, -0.2) is 25.5 Å². The van der Waals surface area contributed by atoms with Crippen LogP contribution in [0.2, 0.25) is 0 Å². The molecule has 21 heavy (non-hydrogen) atoms. The SMILES string of the molecule is CCN(CC)c1cccc(OCC(=O)c2ccc(C)s2)c1. The number of carbonyl (C=O) groups is 1. The number of hydrogen-bond acceptors (Lipinski definition) is 4. The molecule has 0 saturated heterocycles. The number of hydrogen-bond donors (Lipinski definition) is 0. The lowest BCUT2D eigenvalue weighted by Crippen LogP contribution is -2.21. The Morgan fingerprint density at radius 2 is 1.95 bits per heavy atom. The molecule has 0 atom stereocenters. The van der Waals surface area contributed by atoms with Crippen molar-refractivity contribution in [3.8, 4) is 5.75 Å². The summed E-state index contributed by atoms with van der Waals surface area (Å²) in [5.41, 5.74) is 1.12. The third-order valence-corrected chi connectivity index (χ3v) is 4.37. The fourth-order valence-electron chi connectivity index (χ4n) is 2.16. The second-order valence-electron chi connectivity index (χ2n) is 4.79. The van der Waals surface area contributed by atoms with Gasteiger partial charge in [-0.25, -0.2) is 0 Å². The maximum absolute atomic E-state index is 12.0. The van der Waals surface area contributed by atoms with E-state index in [9.17, 15) is 4.79 Å². The number of carbonyl (C=O) groups excluding carboxylic acids is 1. The molecule has 3 nitrogen and oxygen atoms in total. The monoisotopic (exact) mass is 303 g/mol. The molecule has 2 rings (SSSR count). The van der Waals surface area contributed by atoms with E-state index in [1.165, 1.54) is 11.3 Å². The highest BCUT2D eigenvalue weighted by Crippen LogP contribution is 2.22. The number of thiophene rings is 1. The Bertz CT molecular complexity index is 602. The summed E-state index contributed by atoms with van der Waals surface area (Å²) in [5, 5.41) is 0. The molecule has 0 N–H and O–H groups in total. The Balaban J connectivity index is 2.00. The molecule has 2 aromatic rings. The van der Waals surface area contributed by atoms with Gasteiger partial charge < -0.3 is 9.64 Å². The van der Waals surface area contributed by atoms with Crippen LogP contribution < -0.4 is 9.64 Å². The molecule has 112 valence electrons.